The minimum Gasteiger partial charge on any atom is -0.504 e. The van der Waals surface area contributed by atoms with Gasteiger partial charge in [-0.05, 0) is 35.9 Å². The molecule has 0 bridgehead atoms. The summed E-state index contributed by atoms with van der Waals surface area (Å²) in [5.41, 5.74) is -1.96. The number of aliphatic carboxylic acids is 1. The van der Waals surface area contributed by atoms with Crippen molar-refractivity contribution in [3.05, 3.63) is 59.7 Å². The second-order valence-corrected chi connectivity index (χ2v) is 8.29. The maximum Gasteiger partial charge on any atom is 0.348 e. The number of aromatic hydroxyl groups is 4. The molecule has 12 heteroatoms. The zero-order valence-corrected chi connectivity index (χ0v) is 19.1. The fraction of sp³-hybridized carbons (Fsp3) is 0.240. The van der Waals surface area contributed by atoms with Crippen molar-refractivity contribution >= 4 is 30.1 Å². The number of aliphatic hydroxyl groups is 2. The summed E-state index contributed by atoms with van der Waals surface area (Å²) in [6.07, 6.45) is -2.33. The Balaban J connectivity index is 1.67. The number of ether oxygens (including phenoxy) is 2. The highest BCUT2D eigenvalue weighted by Crippen LogP contribution is 2.35. The van der Waals surface area contributed by atoms with E-state index in [9.17, 15) is 50.1 Å². The number of phenolic OH excluding ortho intramolecular Hbond substituents is 4. The van der Waals surface area contributed by atoms with E-state index in [4.69, 9.17) is 9.47 Å². The Labute approximate surface area is 209 Å². The molecule has 3 rings (SSSR count). The molecule has 37 heavy (non-hydrogen) atoms. The monoisotopic (exact) mass is 516 g/mol. The zero-order valence-electron chi connectivity index (χ0n) is 19.1. The lowest BCUT2D eigenvalue weighted by Gasteiger charge is -2.41. The van der Waals surface area contributed by atoms with Crippen molar-refractivity contribution in [2.75, 3.05) is 0 Å². The van der Waals surface area contributed by atoms with Crippen LogP contribution in [0.15, 0.2) is 48.6 Å². The molecule has 0 aromatic heterocycles. The molecule has 0 spiro atoms. The number of hydrogen-bond donors (Lipinski definition) is 7. The third-order valence-electron chi connectivity index (χ3n) is 5.63. The Morgan fingerprint density at radius 1 is 0.838 bits per heavy atom. The van der Waals surface area contributed by atoms with E-state index in [1.165, 1.54) is 42.5 Å². The van der Waals surface area contributed by atoms with E-state index in [1.54, 1.807) is 0 Å². The molecule has 0 radical (unpaired) electrons. The van der Waals surface area contributed by atoms with Gasteiger partial charge >= 0.3 is 17.9 Å². The first-order chi connectivity index (χ1) is 17.4. The summed E-state index contributed by atoms with van der Waals surface area (Å²) in [4.78, 5) is 36.5. The number of aliphatic hydroxyl groups excluding tert-OH is 2. The van der Waals surface area contributed by atoms with E-state index < -0.39 is 71.9 Å². The van der Waals surface area contributed by atoms with E-state index in [-0.39, 0.29) is 11.3 Å². The molecule has 0 heterocycles. The van der Waals surface area contributed by atoms with E-state index in [0.29, 0.717) is 5.56 Å². The average Bonchev–Trinajstić information content (AvgIpc) is 2.83. The summed E-state index contributed by atoms with van der Waals surface area (Å²) < 4.78 is 10.1. The predicted octanol–water partition coefficient (Wildman–Crippen LogP) is 1.03. The van der Waals surface area contributed by atoms with Crippen molar-refractivity contribution in [3.8, 4) is 23.0 Å². The van der Waals surface area contributed by atoms with Crippen molar-refractivity contribution in [2.24, 2.45) is 0 Å². The SMILES string of the molecule is O=C(C=Cc1ccc(O)c(O)c1)OC1[C@H](O)CC(OC(=O)C=Cc2cccc(O)c2O)(C(=O)O)C[C@@H]1O. The number of rotatable bonds is 7. The Kier molecular flexibility index (Phi) is 8.05. The number of carbonyl (C=O) groups is 3. The lowest BCUT2D eigenvalue weighted by atomic mass is 9.79. The normalized spacial score (nSPS) is 23.7. The smallest absolute Gasteiger partial charge is 0.348 e. The van der Waals surface area contributed by atoms with Gasteiger partial charge in [0.25, 0.3) is 0 Å². The molecule has 7 N–H and O–H groups in total. The fourth-order valence-corrected chi connectivity index (χ4v) is 3.76. The van der Waals surface area contributed by atoms with E-state index in [1.807, 2.05) is 0 Å². The number of phenols is 4. The fourth-order valence-electron chi connectivity index (χ4n) is 3.76. The molecule has 2 unspecified atom stereocenters. The molecule has 2 aromatic rings. The molecule has 4 atom stereocenters. The molecule has 0 amide bonds. The summed E-state index contributed by atoms with van der Waals surface area (Å²) in [6, 6.07) is 7.76. The quantitative estimate of drug-likeness (QED) is 0.156. The number of benzene rings is 2. The third kappa shape index (κ3) is 6.37. The number of para-hydroxylation sites is 1. The van der Waals surface area contributed by atoms with Crippen LogP contribution in [0.1, 0.15) is 24.0 Å². The van der Waals surface area contributed by atoms with Gasteiger partial charge in [0.2, 0.25) is 5.60 Å². The van der Waals surface area contributed by atoms with Gasteiger partial charge in [-0.1, -0.05) is 18.2 Å². The van der Waals surface area contributed by atoms with Crippen LogP contribution in [0.3, 0.4) is 0 Å². The highest BCUT2D eigenvalue weighted by molar-refractivity contribution is 5.91. The molecular weight excluding hydrogens is 492 g/mol. The van der Waals surface area contributed by atoms with Gasteiger partial charge in [0.05, 0.1) is 12.2 Å². The van der Waals surface area contributed by atoms with Crippen molar-refractivity contribution in [1.29, 1.82) is 0 Å². The van der Waals surface area contributed by atoms with Gasteiger partial charge in [0.1, 0.15) is 0 Å². The van der Waals surface area contributed by atoms with E-state index >= 15 is 0 Å². The van der Waals surface area contributed by atoms with Crippen molar-refractivity contribution in [3.63, 3.8) is 0 Å². The first kappa shape index (κ1) is 27.0. The molecule has 0 saturated heterocycles. The summed E-state index contributed by atoms with van der Waals surface area (Å²) in [5.74, 6) is -5.53. The van der Waals surface area contributed by atoms with Crippen LogP contribution in [0.4, 0.5) is 0 Å². The van der Waals surface area contributed by atoms with Gasteiger partial charge in [0.15, 0.2) is 29.1 Å². The van der Waals surface area contributed by atoms with Crippen molar-refractivity contribution in [1.82, 2.24) is 0 Å². The topological polar surface area (TPSA) is 211 Å². The predicted molar refractivity (Wildman–Crippen MR) is 125 cm³/mol. The first-order valence-electron chi connectivity index (χ1n) is 10.8. The molecule has 12 nitrogen and oxygen atoms in total. The van der Waals surface area contributed by atoms with Gasteiger partial charge in [-0.25, -0.2) is 14.4 Å². The number of carboxylic acid groups (broad SMARTS) is 1. The largest absolute Gasteiger partial charge is 0.504 e. The third-order valence-corrected chi connectivity index (χ3v) is 5.63. The Morgan fingerprint density at radius 3 is 2.11 bits per heavy atom. The number of hydrogen-bond acceptors (Lipinski definition) is 11. The molecule has 2 aromatic carbocycles. The maximum atomic E-state index is 12.3. The standard InChI is InChI=1S/C25H24O12/c26-15-7-4-13(10-17(15)28)5-8-20(31)36-23-18(29)11-25(24(34)35,12-19(23)30)37-21(32)9-6-14-2-1-3-16(27)22(14)33/h1-10,18-19,23,26-30,33H,11-12H2,(H,34,35)/t18-,19+,23?,25?. The number of carbonyl (C=O) groups excluding carboxylic acids is 2. The summed E-state index contributed by atoms with van der Waals surface area (Å²) in [6.45, 7) is 0. The molecule has 0 aliphatic heterocycles. The molecule has 1 aliphatic carbocycles. The van der Waals surface area contributed by atoms with Gasteiger partial charge in [-0.15, -0.1) is 0 Å². The lowest BCUT2D eigenvalue weighted by Crippen LogP contribution is -2.58. The van der Waals surface area contributed by atoms with Gasteiger partial charge in [-0.3, -0.25) is 0 Å². The average molecular weight is 516 g/mol. The minimum atomic E-state index is -2.34. The Bertz CT molecular complexity index is 1240. The highest BCUT2D eigenvalue weighted by atomic mass is 16.6. The van der Waals surface area contributed by atoms with Crippen LogP contribution in [-0.2, 0) is 23.9 Å². The van der Waals surface area contributed by atoms with Gasteiger partial charge < -0.3 is 45.2 Å². The minimum absolute atomic E-state index is 0.0487. The highest BCUT2D eigenvalue weighted by Gasteiger charge is 2.54. The zero-order chi connectivity index (χ0) is 27.3. The first-order valence-corrected chi connectivity index (χ1v) is 10.8. The molecule has 1 saturated carbocycles. The maximum absolute atomic E-state index is 12.3. The summed E-state index contributed by atoms with van der Waals surface area (Å²) >= 11 is 0. The molecule has 196 valence electrons. The Morgan fingerprint density at radius 2 is 1.49 bits per heavy atom. The number of carboxylic acids is 1. The molecule has 1 aliphatic rings. The van der Waals surface area contributed by atoms with Gasteiger partial charge in [0, 0.05) is 30.6 Å². The van der Waals surface area contributed by atoms with Crippen LogP contribution in [0.2, 0.25) is 0 Å². The van der Waals surface area contributed by atoms with Crippen LogP contribution >= 0.6 is 0 Å². The van der Waals surface area contributed by atoms with Crippen LogP contribution < -0.4 is 0 Å². The van der Waals surface area contributed by atoms with Crippen LogP contribution in [0.25, 0.3) is 12.2 Å². The molecule has 1 fully saturated rings. The second-order valence-electron chi connectivity index (χ2n) is 8.29. The second kappa shape index (κ2) is 11.0. The lowest BCUT2D eigenvalue weighted by molar-refractivity contribution is -0.207. The van der Waals surface area contributed by atoms with Crippen LogP contribution in [-0.4, -0.2) is 77.6 Å². The van der Waals surface area contributed by atoms with Crippen LogP contribution in [0.5, 0.6) is 23.0 Å². The van der Waals surface area contributed by atoms with E-state index in [0.717, 1.165) is 18.2 Å². The summed E-state index contributed by atoms with van der Waals surface area (Å²) in [5, 5.41) is 68.7. The van der Waals surface area contributed by atoms with Gasteiger partial charge in [-0.2, -0.15) is 0 Å². The number of esters is 2. The van der Waals surface area contributed by atoms with Crippen LogP contribution in [0, 0.1) is 0 Å². The van der Waals surface area contributed by atoms with Crippen molar-refractivity contribution < 1.29 is 59.6 Å². The van der Waals surface area contributed by atoms with E-state index in [2.05, 4.69) is 0 Å². The van der Waals surface area contributed by atoms with Crippen molar-refractivity contribution in [2.45, 2.75) is 36.8 Å². The molecular formula is C25H24O12. The Hall–Kier alpha value is -4.55. The summed E-state index contributed by atoms with van der Waals surface area (Å²) in [7, 11) is 0.